The lowest BCUT2D eigenvalue weighted by atomic mass is 10.1. The molecule has 2 atom stereocenters. The van der Waals surface area contributed by atoms with Gasteiger partial charge in [-0.25, -0.2) is 0 Å². The lowest BCUT2D eigenvalue weighted by molar-refractivity contribution is -0.130. The van der Waals surface area contributed by atoms with Crippen molar-refractivity contribution in [3.05, 3.63) is 35.9 Å². The lowest BCUT2D eigenvalue weighted by Crippen LogP contribution is -2.40. The second-order valence-corrected chi connectivity index (χ2v) is 6.92. The van der Waals surface area contributed by atoms with Crippen LogP contribution >= 0.6 is 24.2 Å². The topological polar surface area (TPSA) is 46.3 Å². The molecule has 1 aliphatic rings. The number of likely N-dealkylation sites (tertiary alicyclic amines) is 1. The third-order valence-corrected chi connectivity index (χ3v) is 5.26. The molecule has 3 nitrogen and oxygen atoms in total. The second-order valence-electron chi connectivity index (χ2n) is 5.79. The van der Waals surface area contributed by atoms with E-state index in [0.717, 1.165) is 18.7 Å². The van der Waals surface area contributed by atoms with Crippen molar-refractivity contribution >= 4 is 30.1 Å². The van der Waals surface area contributed by atoms with E-state index >= 15 is 0 Å². The summed E-state index contributed by atoms with van der Waals surface area (Å²) in [6.45, 7) is 5.77. The molecule has 0 aliphatic carbocycles. The zero-order valence-corrected chi connectivity index (χ0v) is 14.3. The van der Waals surface area contributed by atoms with Crippen LogP contribution in [0.1, 0.15) is 25.8 Å². The molecular weight excluding hydrogens is 304 g/mol. The van der Waals surface area contributed by atoms with Gasteiger partial charge in [-0.3, -0.25) is 4.79 Å². The van der Waals surface area contributed by atoms with Crippen LogP contribution in [0.4, 0.5) is 0 Å². The summed E-state index contributed by atoms with van der Waals surface area (Å²) in [4.78, 5) is 14.5. The van der Waals surface area contributed by atoms with E-state index in [2.05, 4.69) is 26.0 Å². The van der Waals surface area contributed by atoms with Crippen molar-refractivity contribution in [2.24, 2.45) is 11.7 Å². The quantitative estimate of drug-likeness (QED) is 0.904. The molecule has 1 heterocycles. The van der Waals surface area contributed by atoms with Gasteiger partial charge in [-0.05, 0) is 17.9 Å². The molecule has 1 aromatic carbocycles. The van der Waals surface area contributed by atoms with E-state index in [9.17, 15) is 4.79 Å². The van der Waals surface area contributed by atoms with E-state index in [1.165, 1.54) is 5.56 Å². The third-order valence-electron chi connectivity index (χ3n) is 3.66. The number of benzene rings is 1. The average Bonchev–Trinajstić information content (AvgIpc) is 2.86. The zero-order chi connectivity index (χ0) is 14.5. The van der Waals surface area contributed by atoms with Gasteiger partial charge in [0.25, 0.3) is 0 Å². The van der Waals surface area contributed by atoms with Gasteiger partial charge in [0, 0.05) is 24.9 Å². The molecule has 1 aliphatic heterocycles. The van der Waals surface area contributed by atoms with Crippen molar-refractivity contribution in [1.82, 2.24) is 4.90 Å². The number of hydrogen-bond donors (Lipinski definition) is 1. The number of amides is 1. The van der Waals surface area contributed by atoms with Crippen LogP contribution in [0.3, 0.4) is 0 Å². The Morgan fingerprint density at radius 1 is 1.38 bits per heavy atom. The first kappa shape index (κ1) is 18.3. The lowest BCUT2D eigenvalue weighted by Gasteiger charge is -2.25. The summed E-state index contributed by atoms with van der Waals surface area (Å²) in [7, 11) is 0. The maximum absolute atomic E-state index is 12.6. The van der Waals surface area contributed by atoms with Crippen LogP contribution in [0.25, 0.3) is 0 Å². The minimum absolute atomic E-state index is 0. The minimum Gasteiger partial charge on any atom is -0.340 e. The van der Waals surface area contributed by atoms with Gasteiger partial charge in [0.05, 0.1) is 5.25 Å². The molecule has 1 aromatic rings. The summed E-state index contributed by atoms with van der Waals surface area (Å²) in [6.07, 6.45) is 0.930. The van der Waals surface area contributed by atoms with Crippen molar-refractivity contribution in [3.63, 3.8) is 0 Å². The smallest absolute Gasteiger partial charge is 0.236 e. The first-order valence-corrected chi connectivity index (χ1v) is 8.32. The first-order valence-electron chi connectivity index (χ1n) is 7.28. The van der Waals surface area contributed by atoms with Crippen LogP contribution in [0.2, 0.25) is 0 Å². The highest BCUT2D eigenvalue weighted by molar-refractivity contribution is 7.99. The number of nitrogens with two attached hydrogens (primary N) is 1. The monoisotopic (exact) mass is 328 g/mol. The summed E-state index contributed by atoms with van der Waals surface area (Å²) < 4.78 is 0. The van der Waals surface area contributed by atoms with Gasteiger partial charge in [0.1, 0.15) is 0 Å². The molecule has 1 saturated heterocycles. The van der Waals surface area contributed by atoms with Crippen molar-refractivity contribution < 1.29 is 4.79 Å². The number of carbonyl (C=O) groups excluding carboxylic acids is 1. The molecular formula is C16H25ClN2OS. The Bertz CT molecular complexity index is 441. The Labute approximate surface area is 138 Å². The van der Waals surface area contributed by atoms with Crippen molar-refractivity contribution in [1.29, 1.82) is 0 Å². The molecule has 0 radical (unpaired) electrons. The van der Waals surface area contributed by atoms with E-state index in [4.69, 9.17) is 5.73 Å². The normalized spacial score (nSPS) is 19.4. The molecule has 1 fully saturated rings. The summed E-state index contributed by atoms with van der Waals surface area (Å²) in [6, 6.07) is 10.5. The van der Waals surface area contributed by atoms with Gasteiger partial charge in [-0.1, -0.05) is 44.2 Å². The van der Waals surface area contributed by atoms with Crippen molar-refractivity contribution in [2.75, 3.05) is 13.1 Å². The summed E-state index contributed by atoms with van der Waals surface area (Å²) in [5, 5.41) is 0.0282. The van der Waals surface area contributed by atoms with Crippen LogP contribution in [0.15, 0.2) is 30.3 Å². The van der Waals surface area contributed by atoms with Gasteiger partial charge >= 0.3 is 0 Å². The highest BCUT2D eigenvalue weighted by atomic mass is 35.5. The second kappa shape index (κ2) is 8.66. The fraction of sp³-hybridized carbons (Fsp3) is 0.562. The molecule has 1 amide bonds. The molecule has 2 N–H and O–H groups in total. The average molecular weight is 329 g/mol. The SMILES string of the molecule is CC(C)C(SCc1ccccc1)C(=O)N1CC[C@@H](N)C1.Cl. The number of carbonyl (C=O) groups is 1. The van der Waals surface area contributed by atoms with Crippen LogP contribution in [-0.2, 0) is 10.5 Å². The van der Waals surface area contributed by atoms with Gasteiger partial charge < -0.3 is 10.6 Å². The van der Waals surface area contributed by atoms with Crippen LogP contribution in [-0.4, -0.2) is 35.2 Å². The minimum atomic E-state index is 0. The molecule has 0 spiro atoms. The highest BCUT2D eigenvalue weighted by Crippen LogP contribution is 2.26. The third kappa shape index (κ3) is 5.20. The largest absolute Gasteiger partial charge is 0.340 e. The van der Waals surface area contributed by atoms with Crippen molar-refractivity contribution in [3.8, 4) is 0 Å². The number of rotatable bonds is 5. The van der Waals surface area contributed by atoms with Gasteiger partial charge in [0.2, 0.25) is 5.91 Å². The molecule has 0 saturated carbocycles. The molecule has 21 heavy (non-hydrogen) atoms. The van der Waals surface area contributed by atoms with E-state index in [-0.39, 0.29) is 29.6 Å². The molecule has 0 bridgehead atoms. The molecule has 0 aromatic heterocycles. The Morgan fingerprint density at radius 2 is 2.05 bits per heavy atom. The van der Waals surface area contributed by atoms with Crippen LogP contribution < -0.4 is 5.73 Å². The highest BCUT2D eigenvalue weighted by Gasteiger charge is 2.31. The summed E-state index contributed by atoms with van der Waals surface area (Å²) in [5.74, 6) is 1.48. The fourth-order valence-corrected chi connectivity index (χ4v) is 3.72. The zero-order valence-electron chi connectivity index (χ0n) is 12.7. The standard InChI is InChI=1S/C16H24N2OS.ClH/c1-12(2)15(16(19)18-9-8-14(17)10-18)20-11-13-6-4-3-5-7-13;/h3-7,12,14-15H,8-11,17H2,1-2H3;1H/t14-,15?;/m1./s1. The van der Waals surface area contributed by atoms with E-state index in [1.54, 1.807) is 11.8 Å². The number of halogens is 1. The molecule has 5 heteroatoms. The van der Waals surface area contributed by atoms with E-state index < -0.39 is 0 Å². The summed E-state index contributed by atoms with van der Waals surface area (Å²) >= 11 is 1.75. The Balaban J connectivity index is 0.00000220. The van der Waals surface area contributed by atoms with E-state index in [1.807, 2.05) is 23.1 Å². The molecule has 2 rings (SSSR count). The van der Waals surface area contributed by atoms with Gasteiger partial charge in [-0.2, -0.15) is 0 Å². The fourth-order valence-electron chi connectivity index (χ4n) is 2.48. The van der Waals surface area contributed by atoms with Crippen LogP contribution in [0.5, 0.6) is 0 Å². The number of thioether (sulfide) groups is 1. The Kier molecular flexibility index (Phi) is 7.57. The summed E-state index contributed by atoms with van der Waals surface area (Å²) in [5.41, 5.74) is 7.18. The Morgan fingerprint density at radius 3 is 2.57 bits per heavy atom. The van der Waals surface area contributed by atoms with E-state index in [0.29, 0.717) is 12.5 Å². The predicted octanol–water partition coefficient (Wildman–Crippen LogP) is 2.93. The number of hydrogen-bond acceptors (Lipinski definition) is 3. The maximum Gasteiger partial charge on any atom is 0.236 e. The number of nitrogens with zero attached hydrogens (tertiary/aromatic N) is 1. The molecule has 118 valence electrons. The maximum atomic E-state index is 12.6. The molecule has 1 unspecified atom stereocenters. The first-order chi connectivity index (χ1) is 9.58. The van der Waals surface area contributed by atoms with Gasteiger partial charge in [0.15, 0.2) is 0 Å². The Hall–Kier alpha value is -0.710. The van der Waals surface area contributed by atoms with Crippen molar-refractivity contribution in [2.45, 2.75) is 37.3 Å². The predicted molar refractivity (Wildman–Crippen MR) is 92.8 cm³/mol. The van der Waals surface area contributed by atoms with Crippen LogP contribution in [0, 0.1) is 5.92 Å². The van der Waals surface area contributed by atoms with Gasteiger partial charge in [-0.15, -0.1) is 24.2 Å².